The molecule has 0 spiro atoms. The first-order valence-corrected chi connectivity index (χ1v) is 10.2. The van der Waals surface area contributed by atoms with E-state index in [4.69, 9.17) is 4.52 Å². The van der Waals surface area contributed by atoms with Gasteiger partial charge in [-0.25, -0.2) is 0 Å². The van der Waals surface area contributed by atoms with Crippen LogP contribution < -0.4 is 5.32 Å². The van der Waals surface area contributed by atoms with Crippen LogP contribution in [0.25, 0.3) is 5.69 Å². The van der Waals surface area contributed by atoms with Crippen molar-refractivity contribution >= 4 is 7.37 Å². The van der Waals surface area contributed by atoms with Gasteiger partial charge in [0.1, 0.15) is 6.33 Å². The van der Waals surface area contributed by atoms with E-state index in [9.17, 15) is 4.57 Å². The van der Waals surface area contributed by atoms with E-state index in [0.717, 1.165) is 17.9 Å². The summed E-state index contributed by atoms with van der Waals surface area (Å²) in [5, 5.41) is 11.6. The van der Waals surface area contributed by atoms with Gasteiger partial charge in [-0.3, -0.25) is 9.13 Å². The van der Waals surface area contributed by atoms with Crippen molar-refractivity contribution in [2.75, 3.05) is 19.4 Å². The monoisotopic (exact) mass is 336 g/mol. The minimum absolute atomic E-state index is 0.227. The zero-order valence-corrected chi connectivity index (χ0v) is 14.9. The number of nitrogens with zero attached hydrogens (tertiary/aromatic N) is 3. The van der Waals surface area contributed by atoms with E-state index in [1.807, 2.05) is 41.8 Å². The van der Waals surface area contributed by atoms with Gasteiger partial charge >= 0.3 is 0 Å². The molecule has 0 radical (unpaired) electrons. The molecule has 126 valence electrons. The van der Waals surface area contributed by atoms with Crippen molar-refractivity contribution in [2.45, 2.75) is 32.9 Å². The Hall–Kier alpha value is -1.49. The molecule has 0 saturated carbocycles. The third-order valence-electron chi connectivity index (χ3n) is 3.63. The highest BCUT2D eigenvalue weighted by Gasteiger charge is 2.17. The third-order valence-corrected chi connectivity index (χ3v) is 5.51. The molecule has 0 aliphatic heterocycles. The van der Waals surface area contributed by atoms with Crippen molar-refractivity contribution in [3.63, 3.8) is 0 Å². The van der Waals surface area contributed by atoms with Gasteiger partial charge in [0.25, 0.3) is 0 Å². The summed E-state index contributed by atoms with van der Waals surface area (Å²) in [6.45, 7) is 6.76. The number of nitrogens with one attached hydrogen (secondary N) is 1. The predicted octanol–water partition coefficient (Wildman–Crippen LogP) is 3.08. The zero-order chi connectivity index (χ0) is 16.7. The summed E-state index contributed by atoms with van der Waals surface area (Å²) in [4.78, 5) is 0. The van der Waals surface area contributed by atoms with E-state index in [2.05, 4.69) is 22.4 Å². The van der Waals surface area contributed by atoms with Crippen molar-refractivity contribution in [1.82, 2.24) is 20.1 Å². The SMILES string of the molecule is CCO[P@@](C)(=O)CC[C@H](C)NCc1nncn1-c1ccccc1. The number of para-hydroxylation sites is 1. The Labute approximate surface area is 137 Å². The Morgan fingerprint density at radius 2 is 2.09 bits per heavy atom. The van der Waals surface area contributed by atoms with Crippen molar-refractivity contribution in [3.05, 3.63) is 42.5 Å². The molecule has 2 rings (SSSR count). The molecule has 0 aliphatic carbocycles. The molecule has 0 saturated heterocycles. The normalized spacial score (nSPS) is 15.3. The molecule has 1 aromatic heterocycles. The van der Waals surface area contributed by atoms with Gasteiger partial charge in [0.05, 0.1) is 13.2 Å². The van der Waals surface area contributed by atoms with Crippen molar-refractivity contribution < 1.29 is 9.09 Å². The van der Waals surface area contributed by atoms with Crippen LogP contribution in [0.4, 0.5) is 0 Å². The average molecular weight is 336 g/mol. The lowest BCUT2D eigenvalue weighted by Gasteiger charge is -2.17. The smallest absolute Gasteiger partial charge is 0.200 e. The second-order valence-electron chi connectivity index (χ2n) is 5.68. The summed E-state index contributed by atoms with van der Waals surface area (Å²) in [5.74, 6) is 0.854. The first kappa shape index (κ1) is 17.9. The van der Waals surface area contributed by atoms with Crippen LogP contribution in [-0.2, 0) is 15.6 Å². The van der Waals surface area contributed by atoms with E-state index in [1.165, 1.54) is 0 Å². The lowest BCUT2D eigenvalue weighted by atomic mass is 10.2. The fraction of sp³-hybridized carbons (Fsp3) is 0.500. The molecule has 1 aromatic carbocycles. The Balaban J connectivity index is 1.87. The number of aromatic nitrogens is 3. The first-order chi connectivity index (χ1) is 11.0. The van der Waals surface area contributed by atoms with Crippen LogP contribution in [0.1, 0.15) is 26.1 Å². The van der Waals surface area contributed by atoms with Gasteiger partial charge in [-0.05, 0) is 32.4 Å². The second kappa shape index (κ2) is 8.39. The second-order valence-corrected chi connectivity index (χ2v) is 8.41. The van der Waals surface area contributed by atoms with Crippen LogP contribution in [0.5, 0.6) is 0 Å². The first-order valence-electron chi connectivity index (χ1n) is 7.90. The lowest BCUT2D eigenvalue weighted by Crippen LogP contribution is -2.27. The summed E-state index contributed by atoms with van der Waals surface area (Å²) in [5.41, 5.74) is 1.04. The molecule has 1 N–H and O–H groups in total. The summed E-state index contributed by atoms with van der Waals surface area (Å²) in [6, 6.07) is 10.2. The van der Waals surface area contributed by atoms with E-state index in [-0.39, 0.29) is 6.04 Å². The molecule has 6 nitrogen and oxygen atoms in total. The maximum atomic E-state index is 12.1. The minimum atomic E-state index is -2.46. The predicted molar refractivity (Wildman–Crippen MR) is 92.3 cm³/mol. The minimum Gasteiger partial charge on any atom is -0.329 e. The van der Waals surface area contributed by atoms with Gasteiger partial charge in [0, 0.05) is 24.6 Å². The maximum Gasteiger partial charge on any atom is 0.200 e. The van der Waals surface area contributed by atoms with Crippen molar-refractivity contribution in [1.29, 1.82) is 0 Å². The third kappa shape index (κ3) is 5.57. The lowest BCUT2D eigenvalue weighted by molar-refractivity contribution is 0.334. The molecule has 0 unspecified atom stereocenters. The molecule has 2 aromatic rings. The molecule has 2 atom stereocenters. The van der Waals surface area contributed by atoms with Gasteiger partial charge < -0.3 is 9.84 Å². The van der Waals surface area contributed by atoms with Crippen molar-refractivity contribution in [2.24, 2.45) is 0 Å². The summed E-state index contributed by atoms with van der Waals surface area (Å²) >= 11 is 0. The largest absolute Gasteiger partial charge is 0.329 e. The fourth-order valence-electron chi connectivity index (χ4n) is 2.32. The molecule has 0 bridgehead atoms. The quantitative estimate of drug-likeness (QED) is 0.713. The van der Waals surface area contributed by atoms with E-state index in [0.29, 0.717) is 19.3 Å². The number of benzene rings is 1. The Kier molecular flexibility index (Phi) is 6.51. The number of rotatable bonds is 9. The molecule has 0 aliphatic rings. The fourth-order valence-corrected chi connectivity index (χ4v) is 3.85. The molecule has 1 heterocycles. The van der Waals surface area contributed by atoms with E-state index >= 15 is 0 Å². The van der Waals surface area contributed by atoms with Crippen LogP contribution in [0.2, 0.25) is 0 Å². The van der Waals surface area contributed by atoms with Gasteiger partial charge in [-0.2, -0.15) is 0 Å². The molecular formula is C16H25N4O2P. The molecular weight excluding hydrogens is 311 g/mol. The van der Waals surface area contributed by atoms with Crippen molar-refractivity contribution in [3.8, 4) is 5.69 Å². The standard InChI is InChI=1S/C16H25N4O2P/c1-4-22-23(3,21)11-10-14(2)17-12-16-19-18-13-20(16)15-8-6-5-7-9-15/h5-9,13-14,17H,4,10-12H2,1-3H3/t14-,23+/m0/s1. The van der Waals surface area contributed by atoms with E-state index < -0.39 is 7.37 Å². The number of hydrogen-bond donors (Lipinski definition) is 1. The zero-order valence-electron chi connectivity index (χ0n) is 14.0. The molecule has 0 fully saturated rings. The van der Waals surface area contributed by atoms with Crippen LogP contribution in [-0.4, -0.2) is 40.2 Å². The van der Waals surface area contributed by atoms with E-state index in [1.54, 1.807) is 13.0 Å². The Morgan fingerprint density at radius 1 is 1.35 bits per heavy atom. The average Bonchev–Trinajstić information content (AvgIpc) is 3.00. The summed E-state index contributed by atoms with van der Waals surface area (Å²) in [7, 11) is -2.46. The van der Waals surface area contributed by atoms with Gasteiger partial charge in [-0.15, -0.1) is 10.2 Å². The number of hydrogen-bond acceptors (Lipinski definition) is 5. The Bertz CT molecular complexity index is 645. The molecule has 23 heavy (non-hydrogen) atoms. The highest BCUT2D eigenvalue weighted by atomic mass is 31.2. The molecule has 7 heteroatoms. The maximum absolute atomic E-state index is 12.1. The topological polar surface area (TPSA) is 69.0 Å². The highest BCUT2D eigenvalue weighted by Crippen LogP contribution is 2.42. The highest BCUT2D eigenvalue weighted by molar-refractivity contribution is 7.58. The molecule has 0 amide bonds. The van der Waals surface area contributed by atoms with Gasteiger partial charge in [-0.1, -0.05) is 18.2 Å². The van der Waals surface area contributed by atoms with Crippen LogP contribution in [0, 0.1) is 0 Å². The van der Waals surface area contributed by atoms with Crippen LogP contribution in [0.15, 0.2) is 36.7 Å². The Morgan fingerprint density at radius 3 is 2.78 bits per heavy atom. The summed E-state index contributed by atoms with van der Waals surface area (Å²) in [6.07, 6.45) is 3.10. The van der Waals surface area contributed by atoms with Gasteiger partial charge in [0.2, 0.25) is 0 Å². The van der Waals surface area contributed by atoms with Gasteiger partial charge in [0.15, 0.2) is 13.2 Å². The van der Waals surface area contributed by atoms with Crippen LogP contribution in [0.3, 0.4) is 0 Å². The summed E-state index contributed by atoms with van der Waals surface area (Å²) < 4.78 is 19.4. The van der Waals surface area contributed by atoms with Crippen LogP contribution >= 0.6 is 7.37 Å².